The molecule has 0 radical (unpaired) electrons. The van der Waals surface area contributed by atoms with Gasteiger partial charge in [0.05, 0.1) is 35.7 Å². The molecule has 148 valence electrons. The standard InChI is InChI=1S/C22H22N4O2S/c1-25-8-10-26(11-9-25)29(28)17-6-7-20-16(12-17)14-21(23-20)18-13-15-4-2-3-5-19(15)24-22(18)27/h2-7,12-14,23H,8-11H2,1H3,(H,24,27). The Morgan fingerprint density at radius 3 is 2.48 bits per heavy atom. The van der Waals surface area contributed by atoms with Gasteiger partial charge in [0.15, 0.2) is 4.90 Å². The number of piperazine rings is 1. The minimum atomic E-state index is -1.17. The number of likely N-dealkylation sites (N-methyl/N-ethyl adjacent to an activating group) is 1. The lowest BCUT2D eigenvalue weighted by atomic mass is 10.1. The molecule has 29 heavy (non-hydrogen) atoms. The van der Waals surface area contributed by atoms with Crippen molar-refractivity contribution in [2.45, 2.75) is 4.90 Å². The van der Waals surface area contributed by atoms with E-state index in [0.717, 1.165) is 58.6 Å². The number of nitrogens with zero attached hydrogens (tertiary/aromatic N) is 2. The van der Waals surface area contributed by atoms with Gasteiger partial charge in [-0.3, -0.25) is 4.79 Å². The van der Waals surface area contributed by atoms with Crippen LogP contribution in [0.3, 0.4) is 0 Å². The van der Waals surface area contributed by atoms with Crippen LogP contribution in [0.4, 0.5) is 0 Å². The van der Waals surface area contributed by atoms with Crippen molar-refractivity contribution in [3.8, 4) is 11.3 Å². The average molecular weight is 407 g/mol. The Bertz CT molecular complexity index is 1240. The third-order valence-electron chi connectivity index (χ3n) is 5.53. The summed E-state index contributed by atoms with van der Waals surface area (Å²) >= 11 is -1.17. The fourth-order valence-corrected chi connectivity index (χ4v) is 5.02. The van der Waals surface area contributed by atoms with Crippen LogP contribution in [0, 0.1) is 0 Å². The highest BCUT2D eigenvalue weighted by molar-refractivity contribution is 7.89. The van der Waals surface area contributed by atoms with Gasteiger partial charge in [-0.25, -0.2) is 0 Å². The summed E-state index contributed by atoms with van der Waals surface area (Å²) in [6.07, 6.45) is 0. The molecule has 1 fully saturated rings. The van der Waals surface area contributed by atoms with Crippen molar-refractivity contribution < 1.29 is 4.55 Å². The number of aromatic nitrogens is 2. The lowest BCUT2D eigenvalue weighted by molar-refractivity contribution is 0.222. The van der Waals surface area contributed by atoms with Gasteiger partial charge in [0.25, 0.3) is 5.56 Å². The van der Waals surface area contributed by atoms with Crippen LogP contribution in [0.5, 0.6) is 0 Å². The Kier molecular flexibility index (Phi) is 4.67. The molecule has 2 N–H and O–H groups in total. The van der Waals surface area contributed by atoms with Crippen LogP contribution >= 0.6 is 0 Å². The largest absolute Gasteiger partial charge is 0.593 e. The Balaban J connectivity index is 1.50. The number of H-pyrrole nitrogens is 2. The zero-order valence-electron chi connectivity index (χ0n) is 16.1. The number of rotatable bonds is 3. The number of benzene rings is 2. The fraction of sp³-hybridized carbons (Fsp3) is 0.227. The molecule has 3 heterocycles. The SMILES string of the molecule is CN1CCN([S+]([O-])c2ccc3[nH]c(-c4cc5ccccc5[nH]c4=O)cc3c2)CC1. The number of fused-ring (bicyclic) bond motifs is 2. The topological polar surface area (TPSA) is 78.2 Å². The van der Waals surface area contributed by atoms with E-state index in [1.54, 1.807) is 0 Å². The number of pyridine rings is 1. The summed E-state index contributed by atoms with van der Waals surface area (Å²) in [7, 11) is 2.09. The van der Waals surface area contributed by atoms with Gasteiger partial charge < -0.3 is 19.4 Å². The van der Waals surface area contributed by atoms with Crippen LogP contribution < -0.4 is 5.56 Å². The Morgan fingerprint density at radius 2 is 1.66 bits per heavy atom. The molecule has 1 unspecified atom stereocenters. The van der Waals surface area contributed by atoms with E-state index in [1.807, 2.05) is 58.9 Å². The quantitative estimate of drug-likeness (QED) is 0.513. The maximum Gasteiger partial charge on any atom is 0.257 e. The number of hydrogen-bond donors (Lipinski definition) is 2. The monoisotopic (exact) mass is 406 g/mol. The summed E-state index contributed by atoms with van der Waals surface area (Å²) in [6.45, 7) is 3.44. The summed E-state index contributed by atoms with van der Waals surface area (Å²) < 4.78 is 15.0. The van der Waals surface area contributed by atoms with Crippen LogP contribution in [-0.4, -0.2) is 57.0 Å². The molecule has 1 aliphatic rings. The molecule has 1 aliphatic heterocycles. The second kappa shape index (κ2) is 7.35. The van der Waals surface area contributed by atoms with E-state index in [2.05, 4.69) is 21.9 Å². The molecule has 1 saturated heterocycles. The van der Waals surface area contributed by atoms with Crippen molar-refractivity contribution >= 4 is 33.2 Å². The summed E-state index contributed by atoms with van der Waals surface area (Å²) in [6, 6.07) is 17.4. The van der Waals surface area contributed by atoms with Crippen molar-refractivity contribution in [1.82, 2.24) is 19.2 Å². The molecule has 0 aliphatic carbocycles. The molecule has 5 rings (SSSR count). The van der Waals surface area contributed by atoms with Gasteiger partial charge in [0.2, 0.25) is 0 Å². The summed E-state index contributed by atoms with van der Waals surface area (Å²) in [5.74, 6) is 0. The van der Waals surface area contributed by atoms with Crippen molar-refractivity contribution in [2.75, 3.05) is 33.2 Å². The molecule has 0 bridgehead atoms. The smallest absolute Gasteiger partial charge is 0.257 e. The molecular formula is C22H22N4O2S. The molecule has 4 aromatic rings. The molecule has 0 saturated carbocycles. The van der Waals surface area contributed by atoms with Crippen LogP contribution in [-0.2, 0) is 11.4 Å². The van der Waals surface area contributed by atoms with Gasteiger partial charge in [-0.05, 0) is 42.8 Å². The van der Waals surface area contributed by atoms with Crippen LogP contribution in [0.15, 0.2) is 64.3 Å². The van der Waals surface area contributed by atoms with Crippen LogP contribution in [0.2, 0.25) is 0 Å². The fourth-order valence-electron chi connectivity index (χ4n) is 3.81. The van der Waals surface area contributed by atoms with Gasteiger partial charge >= 0.3 is 0 Å². The van der Waals surface area contributed by atoms with Gasteiger partial charge in [-0.2, -0.15) is 0 Å². The van der Waals surface area contributed by atoms with Gasteiger partial charge in [0, 0.05) is 35.6 Å². The van der Waals surface area contributed by atoms with Gasteiger partial charge in [-0.15, -0.1) is 4.31 Å². The number of aromatic amines is 2. The zero-order valence-corrected chi connectivity index (χ0v) is 17.0. The van der Waals surface area contributed by atoms with Gasteiger partial charge in [-0.1, -0.05) is 18.2 Å². The van der Waals surface area contributed by atoms with E-state index in [9.17, 15) is 9.35 Å². The first-order valence-electron chi connectivity index (χ1n) is 9.69. The van der Waals surface area contributed by atoms with Crippen molar-refractivity contribution in [1.29, 1.82) is 0 Å². The molecule has 0 spiro atoms. The average Bonchev–Trinajstić information content (AvgIpc) is 3.16. The molecule has 0 amide bonds. The molecule has 1 atom stereocenters. The molecule has 7 heteroatoms. The number of hydrogen-bond acceptors (Lipinski definition) is 4. The summed E-state index contributed by atoms with van der Waals surface area (Å²) in [5.41, 5.74) is 2.97. The Hall–Kier alpha value is -2.58. The van der Waals surface area contributed by atoms with Crippen molar-refractivity contribution in [2.24, 2.45) is 0 Å². The van der Waals surface area contributed by atoms with Crippen LogP contribution in [0.25, 0.3) is 33.1 Å². The van der Waals surface area contributed by atoms with Crippen LogP contribution in [0.1, 0.15) is 0 Å². The van der Waals surface area contributed by atoms with E-state index >= 15 is 0 Å². The highest BCUT2D eigenvalue weighted by atomic mass is 32.2. The first kappa shape index (κ1) is 18.4. The minimum absolute atomic E-state index is 0.128. The summed E-state index contributed by atoms with van der Waals surface area (Å²) in [4.78, 5) is 21.9. The second-order valence-corrected chi connectivity index (χ2v) is 9.00. The van der Waals surface area contributed by atoms with E-state index in [1.165, 1.54) is 0 Å². The normalized spacial score (nSPS) is 17.2. The molecule has 2 aromatic carbocycles. The first-order valence-corrected chi connectivity index (χ1v) is 10.8. The Morgan fingerprint density at radius 1 is 0.897 bits per heavy atom. The highest BCUT2D eigenvalue weighted by Gasteiger charge is 2.26. The minimum Gasteiger partial charge on any atom is -0.593 e. The van der Waals surface area contributed by atoms with E-state index in [0.29, 0.717) is 5.56 Å². The maximum absolute atomic E-state index is 13.0. The lowest BCUT2D eigenvalue weighted by Gasteiger charge is -2.31. The van der Waals surface area contributed by atoms with E-state index in [4.69, 9.17) is 0 Å². The molecule has 6 nitrogen and oxygen atoms in total. The van der Waals surface area contributed by atoms with Crippen molar-refractivity contribution in [3.05, 3.63) is 65.0 Å². The van der Waals surface area contributed by atoms with Crippen molar-refractivity contribution in [3.63, 3.8) is 0 Å². The van der Waals surface area contributed by atoms with E-state index < -0.39 is 11.4 Å². The number of nitrogens with one attached hydrogen (secondary N) is 2. The zero-order chi connectivity index (χ0) is 20.0. The predicted octanol–water partition coefficient (Wildman–Crippen LogP) is 2.95. The second-order valence-electron chi connectivity index (χ2n) is 7.51. The molecule has 2 aromatic heterocycles. The molecular weight excluding hydrogens is 384 g/mol. The highest BCUT2D eigenvalue weighted by Crippen LogP contribution is 2.27. The number of para-hydroxylation sites is 1. The maximum atomic E-state index is 13.0. The predicted molar refractivity (Wildman–Crippen MR) is 117 cm³/mol. The van der Waals surface area contributed by atoms with Gasteiger partial charge in [0.1, 0.15) is 0 Å². The third-order valence-corrected chi connectivity index (χ3v) is 7.03. The lowest BCUT2D eigenvalue weighted by Crippen LogP contribution is -2.46. The first-order chi connectivity index (χ1) is 14.1. The van der Waals surface area contributed by atoms with E-state index in [-0.39, 0.29) is 5.56 Å². The Labute approximate surface area is 171 Å². The summed E-state index contributed by atoms with van der Waals surface area (Å²) in [5, 5.41) is 1.94. The third kappa shape index (κ3) is 3.47.